The molecule has 0 saturated heterocycles. The number of hydrogen-bond donors (Lipinski definition) is 3. The van der Waals surface area contributed by atoms with E-state index in [4.69, 9.17) is 0 Å². The van der Waals surface area contributed by atoms with Crippen molar-refractivity contribution < 1.29 is 4.79 Å². The van der Waals surface area contributed by atoms with Crippen molar-refractivity contribution in [1.82, 2.24) is 29.9 Å². The number of carbonyl (C=O) groups excluding carboxylic acids is 1. The van der Waals surface area contributed by atoms with Crippen molar-refractivity contribution in [2.24, 2.45) is 0 Å². The maximum atomic E-state index is 12.5. The fourth-order valence-electron chi connectivity index (χ4n) is 3.55. The van der Waals surface area contributed by atoms with Gasteiger partial charge in [-0.2, -0.15) is 4.52 Å². The summed E-state index contributed by atoms with van der Waals surface area (Å²) in [6, 6.07) is 8.10. The first-order valence-electron chi connectivity index (χ1n) is 9.29. The Balaban J connectivity index is 1.39. The van der Waals surface area contributed by atoms with Crippen LogP contribution in [0.15, 0.2) is 41.6 Å². The molecule has 3 N–H and O–H groups in total. The van der Waals surface area contributed by atoms with Crippen LogP contribution in [0, 0.1) is 6.92 Å². The van der Waals surface area contributed by atoms with Crippen LogP contribution in [0.4, 0.5) is 0 Å². The molecule has 1 atom stereocenters. The molecule has 4 rings (SSSR count). The molecule has 0 fully saturated rings. The van der Waals surface area contributed by atoms with Crippen molar-refractivity contribution in [3.63, 3.8) is 0 Å². The molecule has 0 aliphatic heterocycles. The molecule has 0 spiro atoms. The van der Waals surface area contributed by atoms with Gasteiger partial charge in [-0.05, 0) is 38.3 Å². The number of hydrogen-bond acceptors (Lipinski definition) is 4. The molecule has 28 heavy (non-hydrogen) atoms. The summed E-state index contributed by atoms with van der Waals surface area (Å²) in [5, 5.41) is 6.94. The average Bonchev–Trinajstić information content (AvgIpc) is 3.29. The summed E-state index contributed by atoms with van der Waals surface area (Å²) in [6.07, 6.45) is 4.72. The average molecular weight is 378 g/mol. The Labute approximate surface area is 161 Å². The third kappa shape index (κ3) is 3.40. The van der Waals surface area contributed by atoms with Crippen LogP contribution in [-0.2, 0) is 17.6 Å². The number of rotatable bonds is 6. The van der Waals surface area contributed by atoms with E-state index in [1.807, 2.05) is 31.3 Å². The largest absolute Gasteiger partial charge is 0.361 e. The normalized spacial score (nSPS) is 12.5. The third-order valence-electron chi connectivity index (χ3n) is 4.94. The molecule has 8 heteroatoms. The molecule has 3 heterocycles. The molecular formula is C20H22N6O2. The quantitative estimate of drug-likeness (QED) is 0.476. The van der Waals surface area contributed by atoms with Crippen molar-refractivity contribution in [3.05, 3.63) is 64.0 Å². The van der Waals surface area contributed by atoms with Crippen LogP contribution in [0.25, 0.3) is 16.7 Å². The second kappa shape index (κ2) is 7.30. The highest BCUT2D eigenvalue weighted by Gasteiger charge is 2.15. The number of aromatic amines is 2. The lowest BCUT2D eigenvalue weighted by molar-refractivity contribution is -0.121. The van der Waals surface area contributed by atoms with Gasteiger partial charge < -0.3 is 10.3 Å². The van der Waals surface area contributed by atoms with Gasteiger partial charge in [-0.1, -0.05) is 18.2 Å². The van der Waals surface area contributed by atoms with Gasteiger partial charge in [0.25, 0.3) is 11.3 Å². The number of nitrogens with zero attached hydrogens (tertiary/aromatic N) is 3. The molecule has 0 radical (unpaired) electrons. The molecule has 144 valence electrons. The van der Waals surface area contributed by atoms with Crippen LogP contribution in [-0.4, -0.2) is 36.5 Å². The Bertz CT molecular complexity index is 1200. The van der Waals surface area contributed by atoms with Gasteiger partial charge in [0.15, 0.2) is 0 Å². The molecule has 8 nitrogen and oxygen atoms in total. The number of nitrogens with one attached hydrogen (secondary N) is 3. The van der Waals surface area contributed by atoms with Gasteiger partial charge in [-0.25, -0.2) is 9.97 Å². The summed E-state index contributed by atoms with van der Waals surface area (Å²) in [7, 11) is 0. The number of H-pyrrole nitrogens is 2. The Hall–Kier alpha value is -3.42. The van der Waals surface area contributed by atoms with E-state index in [9.17, 15) is 9.59 Å². The van der Waals surface area contributed by atoms with Gasteiger partial charge in [0.2, 0.25) is 5.91 Å². The predicted octanol–water partition coefficient (Wildman–Crippen LogP) is 1.89. The van der Waals surface area contributed by atoms with Gasteiger partial charge in [0.05, 0.1) is 5.69 Å². The second-order valence-corrected chi connectivity index (χ2v) is 7.04. The van der Waals surface area contributed by atoms with Crippen molar-refractivity contribution in [2.75, 3.05) is 0 Å². The van der Waals surface area contributed by atoms with E-state index in [2.05, 4.69) is 31.4 Å². The Kier molecular flexibility index (Phi) is 4.68. The molecule has 0 aliphatic carbocycles. The molecular weight excluding hydrogens is 356 g/mol. The van der Waals surface area contributed by atoms with E-state index in [1.165, 1.54) is 21.8 Å². The number of aryl methyl sites for hydroxylation is 1. The Morgan fingerprint density at radius 1 is 1.32 bits per heavy atom. The maximum absolute atomic E-state index is 12.5. The van der Waals surface area contributed by atoms with Gasteiger partial charge in [0.1, 0.15) is 6.33 Å². The number of benzene rings is 1. The topological polar surface area (TPSA) is 108 Å². The summed E-state index contributed by atoms with van der Waals surface area (Å²) in [4.78, 5) is 36.4. The number of para-hydroxylation sites is 1. The highest BCUT2D eigenvalue weighted by Crippen LogP contribution is 2.19. The molecule has 3 aromatic heterocycles. The first-order chi connectivity index (χ1) is 13.5. The van der Waals surface area contributed by atoms with Crippen molar-refractivity contribution in [2.45, 2.75) is 39.2 Å². The number of aromatic nitrogens is 5. The molecule has 1 unspecified atom stereocenters. The van der Waals surface area contributed by atoms with Crippen molar-refractivity contribution >= 4 is 22.6 Å². The van der Waals surface area contributed by atoms with E-state index in [1.54, 1.807) is 6.92 Å². The van der Waals surface area contributed by atoms with Crippen LogP contribution in [0.5, 0.6) is 0 Å². The lowest BCUT2D eigenvalue weighted by atomic mass is 10.1. The summed E-state index contributed by atoms with van der Waals surface area (Å²) in [5.74, 6) is 0.254. The zero-order valence-electron chi connectivity index (χ0n) is 15.8. The van der Waals surface area contributed by atoms with E-state index in [0.29, 0.717) is 23.5 Å². The number of amides is 1. The van der Waals surface area contributed by atoms with Crippen LogP contribution < -0.4 is 10.9 Å². The Morgan fingerprint density at radius 3 is 3.00 bits per heavy atom. The smallest absolute Gasteiger partial charge is 0.277 e. The molecule has 1 amide bonds. The van der Waals surface area contributed by atoms with Gasteiger partial charge >= 0.3 is 0 Å². The maximum Gasteiger partial charge on any atom is 0.277 e. The fourth-order valence-corrected chi connectivity index (χ4v) is 3.55. The minimum absolute atomic E-state index is 0.0119. The predicted molar refractivity (Wildman–Crippen MR) is 106 cm³/mol. The van der Waals surface area contributed by atoms with Gasteiger partial charge in [0, 0.05) is 35.1 Å². The molecule has 0 aliphatic rings. The van der Waals surface area contributed by atoms with Gasteiger partial charge in [-0.15, -0.1) is 0 Å². The number of fused-ring (bicyclic) bond motifs is 2. The van der Waals surface area contributed by atoms with Crippen LogP contribution in [0.1, 0.15) is 30.2 Å². The SMILES string of the molecule is Cc1nc2nc[nH]n2c(=O)c1CCC(=O)NC(C)Cc1c[nH]c2ccccc12. The van der Waals surface area contributed by atoms with E-state index in [-0.39, 0.29) is 23.9 Å². The summed E-state index contributed by atoms with van der Waals surface area (Å²) >= 11 is 0. The zero-order chi connectivity index (χ0) is 19.7. The van der Waals surface area contributed by atoms with E-state index >= 15 is 0 Å². The van der Waals surface area contributed by atoms with Gasteiger partial charge in [-0.3, -0.25) is 14.7 Å². The van der Waals surface area contributed by atoms with Crippen molar-refractivity contribution in [3.8, 4) is 0 Å². The number of carbonyl (C=O) groups is 1. The minimum Gasteiger partial charge on any atom is -0.361 e. The second-order valence-electron chi connectivity index (χ2n) is 7.04. The molecule has 0 bridgehead atoms. The van der Waals surface area contributed by atoms with Crippen molar-refractivity contribution in [1.29, 1.82) is 0 Å². The monoisotopic (exact) mass is 378 g/mol. The molecule has 1 aromatic carbocycles. The lowest BCUT2D eigenvalue weighted by Crippen LogP contribution is -2.34. The first-order valence-corrected chi connectivity index (χ1v) is 9.29. The summed E-state index contributed by atoms with van der Waals surface area (Å²) in [6.45, 7) is 3.75. The Morgan fingerprint density at radius 2 is 2.14 bits per heavy atom. The van der Waals surface area contributed by atoms with E-state index < -0.39 is 0 Å². The molecule has 4 aromatic rings. The van der Waals surface area contributed by atoms with E-state index in [0.717, 1.165) is 11.9 Å². The fraction of sp³-hybridized carbons (Fsp3) is 0.300. The van der Waals surface area contributed by atoms with Crippen LogP contribution in [0.2, 0.25) is 0 Å². The lowest BCUT2D eigenvalue weighted by Gasteiger charge is -2.14. The summed E-state index contributed by atoms with van der Waals surface area (Å²) in [5.41, 5.74) is 3.19. The first kappa shape index (κ1) is 18.0. The van der Waals surface area contributed by atoms with Crippen LogP contribution in [0.3, 0.4) is 0 Å². The standard InChI is InChI=1S/C20H22N6O2/c1-12(9-14-10-21-17-6-4-3-5-16(14)17)24-18(27)8-7-15-13(2)25-20-22-11-23-26(20)19(15)28/h3-6,10-12,21H,7-9H2,1-2H3,(H,24,27)(H,22,23,25). The summed E-state index contributed by atoms with van der Waals surface area (Å²) < 4.78 is 1.29. The van der Waals surface area contributed by atoms with Crippen LogP contribution >= 0.6 is 0 Å². The zero-order valence-corrected chi connectivity index (χ0v) is 15.8. The minimum atomic E-state index is -0.209. The molecule has 0 saturated carbocycles. The highest BCUT2D eigenvalue weighted by molar-refractivity contribution is 5.83. The highest BCUT2D eigenvalue weighted by atomic mass is 16.1. The third-order valence-corrected chi connectivity index (χ3v) is 4.94.